The smallest absolute Gasteiger partial charge is 0.282 e. The fourth-order valence-electron chi connectivity index (χ4n) is 3.22. The summed E-state index contributed by atoms with van der Waals surface area (Å²) in [5.41, 5.74) is 0.912. The highest BCUT2D eigenvalue weighted by molar-refractivity contribution is 6.46. The number of amides is 2. The SMILES string of the molecule is Cc1ccc(C2=C(Nc3cccc(F)c3)C(=O)N(c3cc(F)ccc3F)C2=O)cc1. The average molecular weight is 408 g/mol. The number of rotatable bonds is 4. The highest BCUT2D eigenvalue weighted by Gasteiger charge is 2.41. The van der Waals surface area contributed by atoms with Crippen LogP contribution in [0.25, 0.3) is 5.57 Å². The van der Waals surface area contributed by atoms with Gasteiger partial charge in [0.1, 0.15) is 23.1 Å². The maximum absolute atomic E-state index is 14.4. The summed E-state index contributed by atoms with van der Waals surface area (Å²) in [4.78, 5) is 26.9. The molecule has 0 bridgehead atoms. The van der Waals surface area contributed by atoms with E-state index in [4.69, 9.17) is 0 Å². The van der Waals surface area contributed by atoms with Crippen molar-refractivity contribution in [1.82, 2.24) is 0 Å². The first kappa shape index (κ1) is 19.4. The van der Waals surface area contributed by atoms with Crippen LogP contribution in [0.1, 0.15) is 11.1 Å². The molecule has 0 spiro atoms. The van der Waals surface area contributed by atoms with Crippen molar-refractivity contribution < 1.29 is 22.8 Å². The van der Waals surface area contributed by atoms with Gasteiger partial charge in [0.15, 0.2) is 0 Å². The molecule has 3 aromatic carbocycles. The molecule has 1 heterocycles. The van der Waals surface area contributed by atoms with Crippen LogP contribution in [0.2, 0.25) is 0 Å². The third-order valence-electron chi connectivity index (χ3n) is 4.67. The van der Waals surface area contributed by atoms with E-state index >= 15 is 0 Å². The molecule has 0 atom stereocenters. The molecule has 4 nitrogen and oxygen atoms in total. The van der Waals surface area contributed by atoms with Crippen LogP contribution in [0.3, 0.4) is 0 Å². The zero-order chi connectivity index (χ0) is 21.4. The van der Waals surface area contributed by atoms with Gasteiger partial charge >= 0.3 is 0 Å². The lowest BCUT2D eigenvalue weighted by atomic mass is 10.0. The summed E-state index contributed by atoms with van der Waals surface area (Å²) >= 11 is 0. The molecule has 0 saturated heterocycles. The molecule has 2 amide bonds. The van der Waals surface area contributed by atoms with Crippen molar-refractivity contribution in [2.75, 3.05) is 10.2 Å². The average Bonchev–Trinajstić information content (AvgIpc) is 2.94. The predicted octanol–water partition coefficient (Wildman–Crippen LogP) is 4.81. The monoisotopic (exact) mass is 408 g/mol. The lowest BCUT2D eigenvalue weighted by molar-refractivity contribution is -0.120. The number of aryl methyl sites for hydroxylation is 1. The number of nitrogens with zero attached hydrogens (tertiary/aromatic N) is 1. The van der Waals surface area contributed by atoms with E-state index in [1.165, 1.54) is 18.2 Å². The van der Waals surface area contributed by atoms with Crippen molar-refractivity contribution in [3.05, 3.63) is 101 Å². The first-order chi connectivity index (χ1) is 14.3. The molecule has 0 aromatic heterocycles. The molecular formula is C23H15F3N2O2. The van der Waals surface area contributed by atoms with Crippen LogP contribution < -0.4 is 10.2 Å². The fourth-order valence-corrected chi connectivity index (χ4v) is 3.22. The van der Waals surface area contributed by atoms with Gasteiger partial charge in [0.05, 0.1) is 11.3 Å². The van der Waals surface area contributed by atoms with E-state index in [1.54, 1.807) is 24.3 Å². The molecule has 1 N–H and O–H groups in total. The molecule has 0 radical (unpaired) electrons. The van der Waals surface area contributed by atoms with E-state index in [-0.39, 0.29) is 17.0 Å². The quantitative estimate of drug-likeness (QED) is 0.631. The summed E-state index contributed by atoms with van der Waals surface area (Å²) < 4.78 is 41.7. The molecule has 7 heteroatoms. The highest BCUT2D eigenvalue weighted by Crippen LogP contribution is 2.35. The minimum absolute atomic E-state index is 0.0204. The van der Waals surface area contributed by atoms with Gasteiger partial charge in [0.2, 0.25) is 0 Å². The number of anilines is 2. The topological polar surface area (TPSA) is 49.4 Å². The van der Waals surface area contributed by atoms with Gasteiger partial charge in [-0.1, -0.05) is 35.9 Å². The third kappa shape index (κ3) is 3.45. The van der Waals surface area contributed by atoms with Crippen LogP contribution in [-0.2, 0) is 9.59 Å². The maximum atomic E-state index is 14.4. The number of halogens is 3. The number of imide groups is 1. The number of carbonyl (C=O) groups excluding carboxylic acids is 2. The first-order valence-electron chi connectivity index (χ1n) is 9.03. The highest BCUT2D eigenvalue weighted by atomic mass is 19.1. The van der Waals surface area contributed by atoms with Gasteiger partial charge in [-0.2, -0.15) is 0 Å². The van der Waals surface area contributed by atoms with Crippen LogP contribution in [0.15, 0.2) is 72.4 Å². The summed E-state index contributed by atoms with van der Waals surface area (Å²) in [6.45, 7) is 1.86. The Kier molecular flexibility index (Phi) is 4.87. The van der Waals surface area contributed by atoms with Crippen molar-refractivity contribution in [1.29, 1.82) is 0 Å². The Balaban J connectivity index is 1.86. The van der Waals surface area contributed by atoms with Gasteiger partial charge in [-0.15, -0.1) is 0 Å². The van der Waals surface area contributed by atoms with Crippen molar-refractivity contribution in [2.24, 2.45) is 0 Å². The van der Waals surface area contributed by atoms with E-state index in [2.05, 4.69) is 5.32 Å². The Morgan fingerprint density at radius 2 is 1.50 bits per heavy atom. The second-order valence-electron chi connectivity index (χ2n) is 6.79. The Morgan fingerprint density at radius 3 is 2.20 bits per heavy atom. The molecular weight excluding hydrogens is 393 g/mol. The van der Waals surface area contributed by atoms with Crippen molar-refractivity contribution in [2.45, 2.75) is 6.92 Å². The number of nitrogens with one attached hydrogen (secondary N) is 1. The summed E-state index contributed by atoms with van der Waals surface area (Å²) in [5, 5.41) is 2.77. The van der Waals surface area contributed by atoms with Crippen molar-refractivity contribution in [3.8, 4) is 0 Å². The Labute approximate surface area is 170 Å². The number of carbonyl (C=O) groups is 2. The van der Waals surface area contributed by atoms with Crippen LogP contribution in [0.5, 0.6) is 0 Å². The standard InChI is InChI=1S/C23H15F3N2O2/c1-13-5-7-14(8-6-13)20-21(27-17-4-2-3-15(24)11-17)23(30)28(22(20)29)19-12-16(25)9-10-18(19)26/h2-12,27H,1H3. The molecule has 0 saturated carbocycles. The zero-order valence-corrected chi connectivity index (χ0v) is 15.7. The molecule has 0 aliphatic carbocycles. The number of hydrogen-bond acceptors (Lipinski definition) is 3. The maximum Gasteiger partial charge on any atom is 0.282 e. The van der Waals surface area contributed by atoms with Crippen LogP contribution in [0.4, 0.5) is 24.5 Å². The largest absolute Gasteiger partial charge is 0.350 e. The van der Waals surface area contributed by atoms with E-state index in [1.807, 2.05) is 6.92 Å². The Hall–Kier alpha value is -3.87. The van der Waals surface area contributed by atoms with E-state index < -0.39 is 35.0 Å². The molecule has 1 aliphatic rings. The molecule has 3 aromatic rings. The number of hydrogen-bond donors (Lipinski definition) is 1. The molecule has 0 fully saturated rings. The summed E-state index contributed by atoms with van der Waals surface area (Å²) in [6, 6.07) is 14.7. The van der Waals surface area contributed by atoms with Gasteiger partial charge < -0.3 is 5.32 Å². The third-order valence-corrected chi connectivity index (χ3v) is 4.67. The summed E-state index contributed by atoms with van der Waals surface area (Å²) in [7, 11) is 0. The van der Waals surface area contributed by atoms with E-state index in [9.17, 15) is 22.8 Å². The summed E-state index contributed by atoms with van der Waals surface area (Å²) in [6.07, 6.45) is 0. The second kappa shape index (κ2) is 7.51. The number of benzene rings is 3. The van der Waals surface area contributed by atoms with Crippen LogP contribution in [-0.4, -0.2) is 11.8 Å². The summed E-state index contributed by atoms with van der Waals surface area (Å²) in [5.74, 6) is -3.94. The lowest BCUT2D eigenvalue weighted by Crippen LogP contribution is -2.33. The molecule has 4 rings (SSSR count). The van der Waals surface area contributed by atoms with Gasteiger partial charge in [-0.05, 0) is 42.8 Å². The van der Waals surface area contributed by atoms with Crippen molar-refractivity contribution in [3.63, 3.8) is 0 Å². The van der Waals surface area contributed by atoms with Gasteiger partial charge in [-0.25, -0.2) is 18.1 Å². The van der Waals surface area contributed by atoms with E-state index in [0.29, 0.717) is 10.5 Å². The lowest BCUT2D eigenvalue weighted by Gasteiger charge is -2.16. The van der Waals surface area contributed by atoms with Gasteiger partial charge in [0, 0.05) is 11.8 Å². The van der Waals surface area contributed by atoms with E-state index in [0.717, 1.165) is 29.8 Å². The second-order valence-corrected chi connectivity index (χ2v) is 6.79. The molecule has 0 unspecified atom stereocenters. The minimum atomic E-state index is -0.923. The molecule has 30 heavy (non-hydrogen) atoms. The zero-order valence-electron chi connectivity index (χ0n) is 15.7. The van der Waals surface area contributed by atoms with Crippen LogP contribution >= 0.6 is 0 Å². The Morgan fingerprint density at radius 1 is 0.800 bits per heavy atom. The van der Waals surface area contributed by atoms with Gasteiger partial charge in [0.25, 0.3) is 11.8 Å². The normalized spacial score (nSPS) is 13.9. The van der Waals surface area contributed by atoms with Gasteiger partial charge in [-0.3, -0.25) is 9.59 Å². The van der Waals surface area contributed by atoms with Crippen LogP contribution in [0, 0.1) is 24.4 Å². The molecule has 1 aliphatic heterocycles. The fraction of sp³-hybridized carbons (Fsp3) is 0.0435. The first-order valence-corrected chi connectivity index (χ1v) is 9.03. The Bertz CT molecular complexity index is 1200. The minimum Gasteiger partial charge on any atom is -0.350 e. The predicted molar refractivity (Wildman–Crippen MR) is 107 cm³/mol. The van der Waals surface area contributed by atoms with Crippen molar-refractivity contribution >= 4 is 28.8 Å². The molecule has 150 valence electrons.